The first-order chi connectivity index (χ1) is 9.66. The number of likely N-dealkylation sites (tertiary alicyclic amines) is 1. The van der Waals surface area contributed by atoms with Crippen molar-refractivity contribution in [1.82, 2.24) is 9.88 Å². The van der Waals surface area contributed by atoms with Crippen molar-refractivity contribution < 1.29 is 4.79 Å². The SMILES string of the molecule is CC(=O)N1CCCC1c1cnc(N2CCCC2)c(C)c1. The molecule has 0 bridgehead atoms. The first-order valence-electron chi connectivity index (χ1n) is 7.65. The Bertz CT molecular complexity index is 508. The van der Waals surface area contributed by atoms with Gasteiger partial charge in [-0.25, -0.2) is 4.98 Å². The van der Waals surface area contributed by atoms with Crippen LogP contribution in [0.25, 0.3) is 0 Å². The number of pyridine rings is 1. The van der Waals surface area contributed by atoms with Crippen molar-refractivity contribution in [3.63, 3.8) is 0 Å². The minimum absolute atomic E-state index is 0.175. The summed E-state index contributed by atoms with van der Waals surface area (Å²) in [6.07, 6.45) is 6.67. The molecule has 3 heterocycles. The number of carbonyl (C=O) groups is 1. The second-order valence-electron chi connectivity index (χ2n) is 5.97. The molecule has 4 nitrogen and oxygen atoms in total. The van der Waals surface area contributed by atoms with Gasteiger partial charge in [0.25, 0.3) is 0 Å². The van der Waals surface area contributed by atoms with Gasteiger partial charge in [0.15, 0.2) is 0 Å². The number of carbonyl (C=O) groups excluding carboxylic acids is 1. The maximum Gasteiger partial charge on any atom is 0.219 e. The van der Waals surface area contributed by atoms with Crippen molar-refractivity contribution in [1.29, 1.82) is 0 Å². The summed E-state index contributed by atoms with van der Waals surface area (Å²) in [4.78, 5) is 20.7. The van der Waals surface area contributed by atoms with E-state index in [1.807, 2.05) is 11.1 Å². The predicted octanol–water partition coefficient (Wildman–Crippen LogP) is 2.67. The number of anilines is 1. The summed E-state index contributed by atoms with van der Waals surface area (Å²) in [5.74, 6) is 1.30. The lowest BCUT2D eigenvalue weighted by Crippen LogP contribution is -2.28. The number of aromatic nitrogens is 1. The smallest absolute Gasteiger partial charge is 0.219 e. The summed E-state index contributed by atoms with van der Waals surface area (Å²) < 4.78 is 0. The van der Waals surface area contributed by atoms with Crippen LogP contribution in [0.1, 0.15) is 49.8 Å². The third-order valence-electron chi connectivity index (χ3n) is 4.52. The van der Waals surface area contributed by atoms with Crippen molar-refractivity contribution in [3.8, 4) is 0 Å². The number of nitrogens with zero attached hydrogens (tertiary/aromatic N) is 3. The van der Waals surface area contributed by atoms with Crippen molar-refractivity contribution >= 4 is 11.7 Å². The standard InChI is InChI=1S/C16H23N3O/c1-12-10-14(15-6-5-9-19(15)13(2)20)11-17-16(12)18-7-3-4-8-18/h10-11,15H,3-9H2,1-2H3. The highest BCUT2D eigenvalue weighted by atomic mass is 16.2. The second-order valence-corrected chi connectivity index (χ2v) is 5.97. The Morgan fingerprint density at radius 2 is 2.00 bits per heavy atom. The van der Waals surface area contributed by atoms with E-state index in [0.29, 0.717) is 0 Å². The molecule has 1 atom stereocenters. The molecule has 0 N–H and O–H groups in total. The van der Waals surface area contributed by atoms with Crippen LogP contribution in [0, 0.1) is 6.92 Å². The Morgan fingerprint density at radius 3 is 2.65 bits per heavy atom. The zero-order chi connectivity index (χ0) is 14.1. The quantitative estimate of drug-likeness (QED) is 0.831. The van der Waals surface area contributed by atoms with Gasteiger partial charge in [0, 0.05) is 32.8 Å². The highest BCUT2D eigenvalue weighted by Crippen LogP contribution is 2.33. The summed E-state index contributed by atoms with van der Waals surface area (Å²) >= 11 is 0. The largest absolute Gasteiger partial charge is 0.356 e. The summed E-state index contributed by atoms with van der Waals surface area (Å²) in [5, 5.41) is 0. The van der Waals surface area contributed by atoms with E-state index >= 15 is 0 Å². The molecule has 108 valence electrons. The molecule has 2 aliphatic heterocycles. The minimum Gasteiger partial charge on any atom is -0.356 e. The van der Waals surface area contributed by atoms with Crippen LogP contribution in [0.3, 0.4) is 0 Å². The van der Waals surface area contributed by atoms with Gasteiger partial charge in [-0.3, -0.25) is 4.79 Å². The third kappa shape index (κ3) is 2.39. The molecule has 3 rings (SSSR count). The predicted molar refractivity (Wildman–Crippen MR) is 79.8 cm³/mol. The summed E-state index contributed by atoms with van der Waals surface area (Å²) in [5.41, 5.74) is 2.43. The van der Waals surface area contributed by atoms with Crippen LogP contribution in [-0.2, 0) is 4.79 Å². The maximum absolute atomic E-state index is 11.7. The first kappa shape index (κ1) is 13.4. The Kier molecular flexibility index (Phi) is 3.64. The van der Waals surface area contributed by atoms with E-state index in [4.69, 9.17) is 0 Å². The normalized spacial score (nSPS) is 22.6. The molecule has 2 fully saturated rings. The molecule has 20 heavy (non-hydrogen) atoms. The molecular formula is C16H23N3O. The van der Waals surface area contributed by atoms with Gasteiger partial charge in [-0.05, 0) is 49.8 Å². The first-order valence-corrected chi connectivity index (χ1v) is 7.65. The molecule has 2 saturated heterocycles. The third-order valence-corrected chi connectivity index (χ3v) is 4.52. The van der Waals surface area contributed by atoms with E-state index in [9.17, 15) is 4.79 Å². The lowest BCUT2D eigenvalue weighted by atomic mass is 10.0. The van der Waals surface area contributed by atoms with Crippen LogP contribution < -0.4 is 4.90 Å². The van der Waals surface area contributed by atoms with Crippen LogP contribution in [-0.4, -0.2) is 35.4 Å². The van der Waals surface area contributed by atoms with E-state index in [2.05, 4.69) is 22.9 Å². The van der Waals surface area contributed by atoms with E-state index in [1.54, 1.807) is 6.92 Å². The van der Waals surface area contributed by atoms with Crippen molar-refractivity contribution in [2.75, 3.05) is 24.5 Å². The van der Waals surface area contributed by atoms with Crippen LogP contribution in [0.4, 0.5) is 5.82 Å². The van der Waals surface area contributed by atoms with E-state index < -0.39 is 0 Å². The zero-order valence-electron chi connectivity index (χ0n) is 12.4. The molecule has 2 aliphatic rings. The van der Waals surface area contributed by atoms with Gasteiger partial charge in [0.2, 0.25) is 5.91 Å². The van der Waals surface area contributed by atoms with Gasteiger partial charge in [-0.2, -0.15) is 0 Å². The fourth-order valence-electron chi connectivity index (χ4n) is 3.52. The maximum atomic E-state index is 11.7. The monoisotopic (exact) mass is 273 g/mol. The molecule has 0 aromatic carbocycles. The molecular weight excluding hydrogens is 250 g/mol. The molecule has 0 radical (unpaired) electrons. The summed E-state index contributed by atoms with van der Waals surface area (Å²) in [6.45, 7) is 6.92. The van der Waals surface area contributed by atoms with E-state index in [1.165, 1.54) is 24.0 Å². The van der Waals surface area contributed by atoms with Gasteiger partial charge in [-0.15, -0.1) is 0 Å². The minimum atomic E-state index is 0.175. The fourth-order valence-corrected chi connectivity index (χ4v) is 3.52. The topological polar surface area (TPSA) is 36.4 Å². The van der Waals surface area contributed by atoms with Crippen LogP contribution in [0.5, 0.6) is 0 Å². The molecule has 4 heteroatoms. The summed E-state index contributed by atoms with van der Waals surface area (Å²) in [6, 6.07) is 2.46. The Morgan fingerprint density at radius 1 is 1.25 bits per heavy atom. The zero-order valence-corrected chi connectivity index (χ0v) is 12.4. The van der Waals surface area contributed by atoms with Crippen molar-refractivity contribution in [3.05, 3.63) is 23.4 Å². The molecule has 1 aromatic rings. The van der Waals surface area contributed by atoms with Crippen LogP contribution >= 0.6 is 0 Å². The van der Waals surface area contributed by atoms with E-state index in [0.717, 1.165) is 38.3 Å². The van der Waals surface area contributed by atoms with Crippen molar-refractivity contribution in [2.24, 2.45) is 0 Å². The average Bonchev–Trinajstić information content (AvgIpc) is 3.10. The van der Waals surface area contributed by atoms with Gasteiger partial charge < -0.3 is 9.80 Å². The number of aryl methyl sites for hydroxylation is 1. The van der Waals surface area contributed by atoms with Gasteiger partial charge in [0.05, 0.1) is 6.04 Å². The fraction of sp³-hybridized carbons (Fsp3) is 0.625. The molecule has 1 amide bonds. The highest BCUT2D eigenvalue weighted by molar-refractivity contribution is 5.74. The Balaban J connectivity index is 1.84. The van der Waals surface area contributed by atoms with E-state index in [-0.39, 0.29) is 11.9 Å². The van der Waals surface area contributed by atoms with Crippen LogP contribution in [0.15, 0.2) is 12.3 Å². The Hall–Kier alpha value is -1.58. The lowest BCUT2D eigenvalue weighted by molar-refractivity contribution is -0.129. The molecule has 1 aromatic heterocycles. The van der Waals surface area contributed by atoms with Gasteiger partial charge in [-0.1, -0.05) is 0 Å². The average molecular weight is 273 g/mol. The van der Waals surface area contributed by atoms with Crippen molar-refractivity contribution in [2.45, 2.75) is 45.6 Å². The van der Waals surface area contributed by atoms with Crippen LogP contribution in [0.2, 0.25) is 0 Å². The second kappa shape index (κ2) is 5.43. The molecule has 1 unspecified atom stereocenters. The molecule has 0 spiro atoms. The number of hydrogen-bond donors (Lipinski definition) is 0. The number of hydrogen-bond acceptors (Lipinski definition) is 3. The summed E-state index contributed by atoms with van der Waals surface area (Å²) in [7, 11) is 0. The lowest BCUT2D eigenvalue weighted by Gasteiger charge is -2.25. The van der Waals surface area contributed by atoms with Gasteiger partial charge >= 0.3 is 0 Å². The molecule has 0 aliphatic carbocycles. The Labute approximate surface area is 120 Å². The number of amides is 1. The molecule has 0 saturated carbocycles. The number of rotatable bonds is 2. The van der Waals surface area contributed by atoms with Gasteiger partial charge in [0.1, 0.15) is 5.82 Å². The highest BCUT2D eigenvalue weighted by Gasteiger charge is 2.28.